The van der Waals surface area contributed by atoms with Crippen LogP contribution < -0.4 is 5.32 Å². The molecule has 0 amide bonds. The van der Waals surface area contributed by atoms with Crippen molar-refractivity contribution in [2.24, 2.45) is 11.8 Å². The second-order valence-electron chi connectivity index (χ2n) is 5.48. The van der Waals surface area contributed by atoms with E-state index in [0.717, 1.165) is 17.9 Å². The molecule has 2 saturated heterocycles. The van der Waals surface area contributed by atoms with Gasteiger partial charge in [-0.15, -0.1) is 11.8 Å². The number of rotatable bonds is 4. The highest BCUT2D eigenvalue weighted by Crippen LogP contribution is 2.32. The number of thioether (sulfide) groups is 1. The molecule has 2 nitrogen and oxygen atoms in total. The molecule has 2 aliphatic rings. The minimum absolute atomic E-state index is 0.765. The summed E-state index contributed by atoms with van der Waals surface area (Å²) in [7, 11) is 0. The highest BCUT2D eigenvalue weighted by atomic mass is 32.2. The Bertz CT molecular complexity index is 381. The summed E-state index contributed by atoms with van der Waals surface area (Å²) in [5.74, 6) is 3.01. The molecule has 1 aromatic carbocycles. The van der Waals surface area contributed by atoms with Crippen molar-refractivity contribution in [2.45, 2.75) is 17.9 Å². The van der Waals surface area contributed by atoms with Crippen LogP contribution in [-0.2, 0) is 0 Å². The molecule has 0 radical (unpaired) electrons. The van der Waals surface area contributed by atoms with Crippen LogP contribution in [0.15, 0.2) is 35.2 Å². The first-order chi connectivity index (χ1) is 8.84. The lowest BCUT2D eigenvalue weighted by Crippen LogP contribution is -2.34. The number of hydrogen-bond acceptors (Lipinski definition) is 3. The molecule has 3 atom stereocenters. The number of hydrogen-bond donors (Lipinski definition) is 1. The van der Waals surface area contributed by atoms with Crippen LogP contribution in [0.3, 0.4) is 0 Å². The van der Waals surface area contributed by atoms with E-state index in [1.54, 1.807) is 0 Å². The fraction of sp³-hybridized carbons (Fsp3) is 0.600. The molecule has 1 aromatic rings. The van der Waals surface area contributed by atoms with Crippen molar-refractivity contribution in [3.8, 4) is 0 Å². The number of benzene rings is 1. The van der Waals surface area contributed by atoms with Gasteiger partial charge in [0.15, 0.2) is 0 Å². The van der Waals surface area contributed by atoms with E-state index in [9.17, 15) is 0 Å². The summed E-state index contributed by atoms with van der Waals surface area (Å²) in [5, 5.41) is 3.53. The summed E-state index contributed by atoms with van der Waals surface area (Å²) < 4.78 is 0. The van der Waals surface area contributed by atoms with Crippen molar-refractivity contribution in [1.82, 2.24) is 10.2 Å². The second-order valence-corrected chi connectivity index (χ2v) is 6.65. The molecule has 0 saturated carbocycles. The molecule has 1 N–H and O–H groups in total. The van der Waals surface area contributed by atoms with Crippen molar-refractivity contribution >= 4 is 11.8 Å². The Morgan fingerprint density at radius 2 is 2.11 bits per heavy atom. The van der Waals surface area contributed by atoms with Crippen molar-refractivity contribution in [1.29, 1.82) is 0 Å². The van der Waals surface area contributed by atoms with Crippen LogP contribution in [-0.4, -0.2) is 42.9 Å². The summed E-state index contributed by atoms with van der Waals surface area (Å²) >= 11 is 1.98. The molecule has 0 bridgehead atoms. The number of likely N-dealkylation sites (tertiary alicyclic amines) is 1. The largest absolute Gasteiger partial charge is 0.316 e. The van der Waals surface area contributed by atoms with Gasteiger partial charge in [0, 0.05) is 29.8 Å². The topological polar surface area (TPSA) is 15.3 Å². The van der Waals surface area contributed by atoms with E-state index in [-0.39, 0.29) is 0 Å². The third-order valence-corrected chi connectivity index (χ3v) is 5.44. The van der Waals surface area contributed by atoms with Crippen molar-refractivity contribution in [3.05, 3.63) is 30.3 Å². The summed E-state index contributed by atoms with van der Waals surface area (Å²) in [6.07, 6.45) is 0. The van der Waals surface area contributed by atoms with Gasteiger partial charge in [-0.3, -0.25) is 4.90 Å². The Morgan fingerprint density at radius 3 is 2.89 bits per heavy atom. The van der Waals surface area contributed by atoms with Gasteiger partial charge in [-0.2, -0.15) is 0 Å². The second kappa shape index (κ2) is 5.64. The maximum absolute atomic E-state index is 3.53. The third-order valence-electron chi connectivity index (χ3n) is 4.45. The Morgan fingerprint density at radius 1 is 1.28 bits per heavy atom. The van der Waals surface area contributed by atoms with Crippen LogP contribution in [0.5, 0.6) is 0 Å². The average molecular weight is 262 g/mol. The minimum atomic E-state index is 0.765. The molecule has 18 heavy (non-hydrogen) atoms. The summed E-state index contributed by atoms with van der Waals surface area (Å²) in [4.78, 5) is 4.08. The first kappa shape index (κ1) is 12.5. The predicted octanol–water partition coefficient (Wildman–Crippen LogP) is 2.32. The summed E-state index contributed by atoms with van der Waals surface area (Å²) in [6.45, 7) is 7.40. The van der Waals surface area contributed by atoms with E-state index in [1.165, 1.54) is 36.8 Å². The number of nitrogens with one attached hydrogen (secondary N) is 1. The molecule has 0 spiro atoms. The van der Waals surface area contributed by atoms with E-state index in [4.69, 9.17) is 0 Å². The molecule has 3 unspecified atom stereocenters. The molecular weight excluding hydrogens is 240 g/mol. The van der Waals surface area contributed by atoms with Crippen molar-refractivity contribution in [2.75, 3.05) is 31.9 Å². The summed E-state index contributed by atoms with van der Waals surface area (Å²) in [5.41, 5.74) is 0. The predicted molar refractivity (Wildman–Crippen MR) is 78.1 cm³/mol. The van der Waals surface area contributed by atoms with Crippen LogP contribution in [0, 0.1) is 11.8 Å². The van der Waals surface area contributed by atoms with E-state index in [0.29, 0.717) is 0 Å². The zero-order valence-corrected chi connectivity index (χ0v) is 11.8. The normalized spacial score (nSPS) is 31.7. The highest BCUT2D eigenvalue weighted by molar-refractivity contribution is 7.99. The van der Waals surface area contributed by atoms with Crippen LogP contribution >= 0.6 is 11.8 Å². The SMILES string of the molecule is CC1C2CNCC2CN1CCSc1ccccc1. The van der Waals surface area contributed by atoms with E-state index < -0.39 is 0 Å². The van der Waals surface area contributed by atoms with Crippen LogP contribution in [0.2, 0.25) is 0 Å². The number of nitrogens with zero attached hydrogens (tertiary/aromatic N) is 1. The molecule has 0 aromatic heterocycles. The summed E-state index contributed by atoms with van der Waals surface area (Å²) in [6, 6.07) is 11.5. The fourth-order valence-electron chi connectivity index (χ4n) is 3.35. The molecular formula is C15H22N2S. The van der Waals surface area contributed by atoms with Gasteiger partial charge in [0.25, 0.3) is 0 Å². The molecule has 3 rings (SSSR count). The van der Waals surface area contributed by atoms with Gasteiger partial charge in [0.2, 0.25) is 0 Å². The van der Waals surface area contributed by atoms with Gasteiger partial charge in [0.05, 0.1) is 0 Å². The van der Waals surface area contributed by atoms with Gasteiger partial charge in [-0.1, -0.05) is 18.2 Å². The standard InChI is InChI=1S/C15H22N2S/c1-12-15-10-16-9-13(15)11-17(12)7-8-18-14-5-3-2-4-6-14/h2-6,12-13,15-16H,7-11H2,1H3. The Kier molecular flexibility index (Phi) is 3.92. The van der Waals surface area contributed by atoms with Crippen LogP contribution in [0.1, 0.15) is 6.92 Å². The lowest BCUT2D eigenvalue weighted by atomic mass is 9.95. The lowest BCUT2D eigenvalue weighted by Gasteiger charge is -2.23. The maximum atomic E-state index is 3.53. The zero-order valence-electron chi connectivity index (χ0n) is 11.0. The van der Waals surface area contributed by atoms with Gasteiger partial charge < -0.3 is 5.32 Å². The fourth-order valence-corrected chi connectivity index (χ4v) is 4.26. The average Bonchev–Trinajstić information content (AvgIpc) is 2.96. The van der Waals surface area contributed by atoms with E-state index >= 15 is 0 Å². The van der Waals surface area contributed by atoms with Crippen molar-refractivity contribution < 1.29 is 0 Å². The van der Waals surface area contributed by atoms with E-state index in [2.05, 4.69) is 47.5 Å². The molecule has 0 aliphatic carbocycles. The van der Waals surface area contributed by atoms with E-state index in [1.807, 2.05) is 11.8 Å². The van der Waals surface area contributed by atoms with Gasteiger partial charge in [-0.05, 0) is 44.0 Å². The smallest absolute Gasteiger partial charge is 0.0111 e. The highest BCUT2D eigenvalue weighted by Gasteiger charge is 2.41. The van der Waals surface area contributed by atoms with Gasteiger partial charge >= 0.3 is 0 Å². The molecule has 98 valence electrons. The monoisotopic (exact) mass is 262 g/mol. The Balaban J connectivity index is 1.47. The maximum Gasteiger partial charge on any atom is 0.0111 e. The molecule has 2 aliphatic heterocycles. The zero-order chi connectivity index (χ0) is 12.4. The Labute approximate surface area is 114 Å². The number of fused-ring (bicyclic) bond motifs is 1. The molecule has 2 fully saturated rings. The Hall–Kier alpha value is -0.510. The van der Waals surface area contributed by atoms with Gasteiger partial charge in [0.1, 0.15) is 0 Å². The lowest BCUT2D eigenvalue weighted by molar-refractivity contribution is 0.254. The third kappa shape index (κ3) is 2.58. The van der Waals surface area contributed by atoms with Gasteiger partial charge in [-0.25, -0.2) is 0 Å². The molecule has 3 heteroatoms. The first-order valence-electron chi connectivity index (χ1n) is 6.97. The van der Waals surface area contributed by atoms with Crippen LogP contribution in [0.25, 0.3) is 0 Å². The minimum Gasteiger partial charge on any atom is -0.316 e. The first-order valence-corrected chi connectivity index (χ1v) is 7.96. The quantitative estimate of drug-likeness (QED) is 0.838. The van der Waals surface area contributed by atoms with Crippen molar-refractivity contribution in [3.63, 3.8) is 0 Å². The molecule has 2 heterocycles. The van der Waals surface area contributed by atoms with Crippen LogP contribution in [0.4, 0.5) is 0 Å².